The lowest BCUT2D eigenvalue weighted by Gasteiger charge is -2.17. The molecule has 2 bridgehead atoms. The van der Waals surface area contributed by atoms with Gasteiger partial charge >= 0.3 is 5.97 Å². The van der Waals surface area contributed by atoms with Gasteiger partial charge in [-0.2, -0.15) is 0 Å². The lowest BCUT2D eigenvalue weighted by atomic mass is 9.88. The van der Waals surface area contributed by atoms with Crippen molar-refractivity contribution in [2.75, 3.05) is 0 Å². The number of esters is 1. The average molecular weight is 348 g/mol. The number of Topliss-reactive ketones (excluding diaryl/α,β-unsaturated/α-hetero) is 1. The molecule has 1 aliphatic heterocycles. The molecule has 2 N–H and O–H groups in total. The number of carbonyl (C=O) groups excluding carboxylic acids is 3. The van der Waals surface area contributed by atoms with Crippen molar-refractivity contribution < 1.29 is 29.3 Å². The topological polar surface area (TPSA) is 101 Å². The summed E-state index contributed by atoms with van der Waals surface area (Å²) < 4.78 is 5.20. The first-order valence-electron chi connectivity index (χ1n) is 8.34. The number of hydrogen-bond acceptors (Lipinski definition) is 6. The third-order valence-electron chi connectivity index (χ3n) is 4.62. The van der Waals surface area contributed by atoms with E-state index in [9.17, 15) is 24.6 Å². The number of carbonyl (C=O) groups is 3. The standard InChI is InChI=1S/C19H24O6/c1-10(2)12-4-5-14-18(23)17(25-19(14)24)7-11(3)6-15(21)16(22)9-13(20)8-12/h5-6,12,16-18,22-23H,1,4,7-9H2,2-3H3/b11-6?,14-5-/t12-,16-,17+,18-/m0/s1. The summed E-state index contributed by atoms with van der Waals surface area (Å²) in [6.45, 7) is 7.29. The summed E-state index contributed by atoms with van der Waals surface area (Å²) in [5.41, 5.74) is 1.50. The van der Waals surface area contributed by atoms with Crippen molar-refractivity contribution in [3.8, 4) is 0 Å². The van der Waals surface area contributed by atoms with Gasteiger partial charge in [-0.1, -0.05) is 23.8 Å². The van der Waals surface area contributed by atoms with Crippen LogP contribution in [0.5, 0.6) is 0 Å². The van der Waals surface area contributed by atoms with Crippen molar-refractivity contribution >= 4 is 17.5 Å². The van der Waals surface area contributed by atoms with Crippen molar-refractivity contribution in [3.05, 3.63) is 35.5 Å². The molecule has 6 heteroatoms. The lowest BCUT2D eigenvalue weighted by Crippen LogP contribution is -2.25. The van der Waals surface area contributed by atoms with Crippen LogP contribution < -0.4 is 0 Å². The minimum atomic E-state index is -1.39. The number of hydrogen-bond donors (Lipinski definition) is 2. The molecule has 0 radical (unpaired) electrons. The van der Waals surface area contributed by atoms with Crippen LogP contribution in [0.25, 0.3) is 0 Å². The third kappa shape index (κ3) is 4.74. The second-order valence-electron chi connectivity index (χ2n) is 6.89. The van der Waals surface area contributed by atoms with E-state index >= 15 is 0 Å². The zero-order chi connectivity index (χ0) is 18.7. The van der Waals surface area contributed by atoms with Crippen LogP contribution in [0.3, 0.4) is 0 Å². The van der Waals surface area contributed by atoms with Crippen LogP contribution in [0.1, 0.15) is 39.5 Å². The van der Waals surface area contributed by atoms with Crippen molar-refractivity contribution in [2.24, 2.45) is 5.92 Å². The molecular formula is C19H24O6. The highest BCUT2D eigenvalue weighted by molar-refractivity contribution is 5.97. The SMILES string of the molecule is C=C(C)[C@H]1C/C=C2\C(=O)O[C@H](CC(C)=CC(=O)[C@@H](O)CC(=O)C1)[C@H]2O. The number of aliphatic hydroxyl groups excluding tert-OH is 2. The fraction of sp³-hybridized carbons (Fsp3) is 0.526. The monoisotopic (exact) mass is 348 g/mol. The van der Waals surface area contributed by atoms with Crippen LogP contribution in [0.4, 0.5) is 0 Å². The summed E-state index contributed by atoms with van der Waals surface area (Å²) in [4.78, 5) is 36.2. The summed E-state index contributed by atoms with van der Waals surface area (Å²) >= 11 is 0. The van der Waals surface area contributed by atoms with E-state index in [0.29, 0.717) is 12.0 Å². The van der Waals surface area contributed by atoms with E-state index in [1.54, 1.807) is 19.9 Å². The molecule has 1 saturated heterocycles. The van der Waals surface area contributed by atoms with Gasteiger partial charge in [-0.15, -0.1) is 0 Å². The van der Waals surface area contributed by atoms with Gasteiger partial charge in [-0.3, -0.25) is 9.59 Å². The third-order valence-corrected chi connectivity index (χ3v) is 4.62. The van der Waals surface area contributed by atoms with Crippen LogP contribution in [0.15, 0.2) is 35.5 Å². The molecule has 25 heavy (non-hydrogen) atoms. The molecule has 1 fully saturated rings. The van der Waals surface area contributed by atoms with E-state index in [2.05, 4.69) is 6.58 Å². The molecule has 6 nitrogen and oxygen atoms in total. The number of allylic oxidation sites excluding steroid dienone is 2. The Kier molecular flexibility index (Phi) is 6.08. The van der Waals surface area contributed by atoms with Gasteiger partial charge in [0.2, 0.25) is 0 Å². The summed E-state index contributed by atoms with van der Waals surface area (Å²) in [6.07, 6.45) is 0.0140. The van der Waals surface area contributed by atoms with E-state index in [4.69, 9.17) is 4.74 Å². The quantitative estimate of drug-likeness (QED) is 0.549. The Morgan fingerprint density at radius 1 is 1.20 bits per heavy atom. The first-order chi connectivity index (χ1) is 11.7. The molecule has 0 spiro atoms. The number of ketones is 2. The van der Waals surface area contributed by atoms with Crippen LogP contribution in [-0.2, 0) is 19.1 Å². The fourth-order valence-electron chi connectivity index (χ4n) is 3.07. The highest BCUT2D eigenvalue weighted by Crippen LogP contribution is 2.29. The Morgan fingerprint density at radius 2 is 1.88 bits per heavy atom. The van der Waals surface area contributed by atoms with E-state index in [-0.39, 0.29) is 36.5 Å². The van der Waals surface area contributed by atoms with Crippen molar-refractivity contribution in [2.45, 2.75) is 57.8 Å². The Labute approximate surface area is 146 Å². The van der Waals surface area contributed by atoms with E-state index in [1.165, 1.54) is 6.08 Å². The predicted molar refractivity (Wildman–Crippen MR) is 90.5 cm³/mol. The summed E-state index contributed by atoms with van der Waals surface area (Å²) in [6, 6.07) is 0. The van der Waals surface area contributed by atoms with Gasteiger partial charge in [0.15, 0.2) is 5.78 Å². The fourth-order valence-corrected chi connectivity index (χ4v) is 3.07. The zero-order valence-corrected chi connectivity index (χ0v) is 14.5. The van der Waals surface area contributed by atoms with Crippen LogP contribution >= 0.6 is 0 Å². The highest BCUT2D eigenvalue weighted by atomic mass is 16.6. The number of fused-ring (bicyclic) bond motifs is 2. The minimum Gasteiger partial charge on any atom is -0.455 e. The Bertz CT molecular complexity index is 657. The Morgan fingerprint density at radius 3 is 2.52 bits per heavy atom. The molecule has 1 aliphatic carbocycles. The van der Waals surface area contributed by atoms with Crippen LogP contribution in [0, 0.1) is 5.92 Å². The first-order valence-corrected chi connectivity index (χ1v) is 8.34. The minimum absolute atomic E-state index is 0.112. The second-order valence-corrected chi connectivity index (χ2v) is 6.89. The second kappa shape index (κ2) is 7.89. The number of rotatable bonds is 1. The molecule has 0 amide bonds. The van der Waals surface area contributed by atoms with Gasteiger partial charge < -0.3 is 14.9 Å². The summed E-state index contributed by atoms with van der Waals surface area (Å²) in [5, 5.41) is 20.3. The summed E-state index contributed by atoms with van der Waals surface area (Å²) in [5.74, 6) is -1.63. The van der Waals surface area contributed by atoms with Crippen LogP contribution in [0.2, 0.25) is 0 Å². The van der Waals surface area contributed by atoms with Crippen molar-refractivity contribution in [1.82, 2.24) is 0 Å². The van der Waals surface area contributed by atoms with Crippen molar-refractivity contribution in [3.63, 3.8) is 0 Å². The van der Waals surface area contributed by atoms with Gasteiger partial charge in [0.1, 0.15) is 24.1 Å². The molecule has 1 heterocycles. The maximum atomic E-state index is 12.2. The summed E-state index contributed by atoms with van der Waals surface area (Å²) in [7, 11) is 0. The number of ether oxygens (including phenoxy) is 1. The number of aliphatic hydroxyl groups is 2. The van der Waals surface area contributed by atoms with Gasteiger partial charge in [-0.25, -0.2) is 4.79 Å². The maximum absolute atomic E-state index is 12.2. The maximum Gasteiger partial charge on any atom is 0.336 e. The molecule has 0 unspecified atom stereocenters. The molecule has 0 aromatic rings. The molecule has 2 aliphatic rings. The van der Waals surface area contributed by atoms with Gasteiger partial charge in [0.05, 0.1) is 5.57 Å². The predicted octanol–water partition coefficient (Wildman–Crippen LogP) is 1.41. The molecule has 4 atom stereocenters. The van der Waals surface area contributed by atoms with Gasteiger partial charge in [-0.05, 0) is 32.3 Å². The molecule has 136 valence electrons. The Balaban J connectivity index is 2.35. The van der Waals surface area contributed by atoms with E-state index < -0.39 is 30.1 Å². The van der Waals surface area contributed by atoms with Crippen molar-refractivity contribution in [1.29, 1.82) is 0 Å². The van der Waals surface area contributed by atoms with E-state index in [1.807, 2.05) is 0 Å². The normalized spacial score (nSPS) is 33.8. The Hall–Kier alpha value is -2.05. The molecule has 0 saturated carbocycles. The highest BCUT2D eigenvalue weighted by Gasteiger charge is 2.38. The zero-order valence-electron chi connectivity index (χ0n) is 14.5. The average Bonchev–Trinajstić information content (AvgIpc) is 2.76. The smallest absolute Gasteiger partial charge is 0.336 e. The molecule has 2 rings (SSSR count). The molecular weight excluding hydrogens is 324 g/mol. The van der Waals surface area contributed by atoms with E-state index in [0.717, 1.165) is 5.57 Å². The molecule has 0 aromatic heterocycles. The lowest BCUT2D eigenvalue weighted by molar-refractivity contribution is -0.139. The van der Waals surface area contributed by atoms with Gasteiger partial charge in [0.25, 0.3) is 0 Å². The largest absolute Gasteiger partial charge is 0.455 e. The van der Waals surface area contributed by atoms with Crippen LogP contribution in [-0.4, -0.2) is 46.1 Å². The van der Waals surface area contributed by atoms with Gasteiger partial charge in [0, 0.05) is 19.3 Å². The molecule has 0 aromatic carbocycles. The first kappa shape index (κ1) is 19.3.